The quantitative estimate of drug-likeness (QED) is 0.883. The lowest BCUT2D eigenvalue weighted by atomic mass is 10.00. The van der Waals surface area contributed by atoms with Gasteiger partial charge in [-0.15, -0.1) is 0 Å². The molecule has 0 saturated heterocycles. The van der Waals surface area contributed by atoms with E-state index in [1.54, 1.807) is 0 Å². The molecule has 0 spiro atoms. The van der Waals surface area contributed by atoms with Crippen LogP contribution in [0.2, 0.25) is 0 Å². The first-order valence-corrected chi connectivity index (χ1v) is 7.66. The van der Waals surface area contributed by atoms with Crippen molar-refractivity contribution in [1.29, 1.82) is 0 Å². The second kappa shape index (κ2) is 6.77. The summed E-state index contributed by atoms with van der Waals surface area (Å²) in [5, 5.41) is 0. The van der Waals surface area contributed by atoms with Crippen molar-refractivity contribution < 1.29 is 0 Å². The molecular formula is C19H26N2. The molecule has 0 amide bonds. The number of hydrogen-bond donors (Lipinski definition) is 1. The highest BCUT2D eigenvalue weighted by Crippen LogP contribution is 2.29. The van der Waals surface area contributed by atoms with Crippen LogP contribution in [0.3, 0.4) is 0 Å². The maximum absolute atomic E-state index is 6.16. The lowest BCUT2D eigenvalue weighted by Gasteiger charge is -2.24. The number of nitrogens with zero attached hydrogens (tertiary/aromatic N) is 1. The summed E-state index contributed by atoms with van der Waals surface area (Å²) in [5.74, 6) is 0. The molecule has 2 nitrogen and oxygen atoms in total. The minimum atomic E-state index is 0.219. The Hall–Kier alpha value is -1.80. The number of hydrogen-bond acceptors (Lipinski definition) is 2. The number of nitrogens with two attached hydrogens (primary N) is 1. The van der Waals surface area contributed by atoms with Crippen LogP contribution in [-0.2, 0) is 6.42 Å². The van der Waals surface area contributed by atoms with Crippen molar-refractivity contribution in [3.05, 3.63) is 59.2 Å². The van der Waals surface area contributed by atoms with Crippen molar-refractivity contribution in [2.45, 2.75) is 39.7 Å². The van der Waals surface area contributed by atoms with Crippen LogP contribution in [0.4, 0.5) is 11.4 Å². The highest BCUT2D eigenvalue weighted by Gasteiger charge is 2.12. The fourth-order valence-electron chi connectivity index (χ4n) is 2.54. The van der Waals surface area contributed by atoms with Crippen LogP contribution in [-0.4, -0.2) is 13.1 Å². The van der Waals surface area contributed by atoms with E-state index in [2.05, 4.69) is 75.2 Å². The summed E-state index contributed by atoms with van der Waals surface area (Å²) in [6, 6.07) is 15.5. The van der Waals surface area contributed by atoms with Crippen molar-refractivity contribution in [1.82, 2.24) is 0 Å². The Bertz CT molecular complexity index is 587. The van der Waals surface area contributed by atoms with Gasteiger partial charge in [-0.3, -0.25) is 0 Å². The maximum atomic E-state index is 6.16. The van der Waals surface area contributed by atoms with Gasteiger partial charge in [-0.1, -0.05) is 42.3 Å². The summed E-state index contributed by atoms with van der Waals surface area (Å²) in [7, 11) is 2.12. The predicted molar refractivity (Wildman–Crippen MR) is 92.4 cm³/mol. The van der Waals surface area contributed by atoms with Gasteiger partial charge in [0.1, 0.15) is 0 Å². The normalized spacial score (nSPS) is 12.2. The fraction of sp³-hybridized carbons (Fsp3) is 0.368. The van der Waals surface area contributed by atoms with E-state index < -0.39 is 0 Å². The van der Waals surface area contributed by atoms with E-state index in [-0.39, 0.29) is 6.04 Å². The highest BCUT2D eigenvalue weighted by atomic mass is 15.1. The zero-order valence-corrected chi connectivity index (χ0v) is 13.6. The van der Waals surface area contributed by atoms with Crippen molar-refractivity contribution in [2.24, 2.45) is 5.73 Å². The van der Waals surface area contributed by atoms with E-state index in [1.807, 2.05) is 0 Å². The number of benzene rings is 2. The van der Waals surface area contributed by atoms with Gasteiger partial charge in [0.15, 0.2) is 0 Å². The Balaban J connectivity index is 2.35. The Morgan fingerprint density at radius 2 is 1.62 bits per heavy atom. The smallest absolute Gasteiger partial charge is 0.0441 e. The van der Waals surface area contributed by atoms with Crippen LogP contribution in [0, 0.1) is 13.8 Å². The molecule has 0 fully saturated rings. The van der Waals surface area contributed by atoms with Gasteiger partial charge in [-0.25, -0.2) is 0 Å². The van der Waals surface area contributed by atoms with Gasteiger partial charge >= 0.3 is 0 Å². The lowest BCUT2D eigenvalue weighted by molar-refractivity contribution is 0.646. The topological polar surface area (TPSA) is 29.3 Å². The van der Waals surface area contributed by atoms with Crippen LogP contribution in [0.15, 0.2) is 42.5 Å². The molecule has 0 aromatic heterocycles. The Morgan fingerprint density at radius 1 is 1.00 bits per heavy atom. The molecule has 1 unspecified atom stereocenters. The molecule has 2 aromatic carbocycles. The van der Waals surface area contributed by atoms with E-state index in [0.29, 0.717) is 0 Å². The molecule has 2 N–H and O–H groups in total. The molecule has 0 aliphatic rings. The first-order valence-electron chi connectivity index (χ1n) is 7.66. The third-order valence-corrected chi connectivity index (χ3v) is 4.02. The molecule has 1 atom stereocenters. The predicted octanol–water partition coefficient (Wildman–Crippen LogP) is 4.35. The number of anilines is 2. The summed E-state index contributed by atoms with van der Waals surface area (Å²) in [6.45, 7) is 6.39. The number of rotatable bonds is 5. The zero-order valence-electron chi connectivity index (χ0n) is 13.6. The summed E-state index contributed by atoms with van der Waals surface area (Å²) in [4.78, 5) is 2.25. The molecule has 0 aliphatic carbocycles. The molecule has 2 heteroatoms. The molecule has 0 aliphatic heterocycles. The third-order valence-electron chi connectivity index (χ3n) is 4.02. The molecule has 2 aromatic rings. The molecule has 2 rings (SSSR count). The average molecular weight is 282 g/mol. The summed E-state index contributed by atoms with van der Waals surface area (Å²) in [5.41, 5.74) is 12.5. The van der Waals surface area contributed by atoms with E-state index in [9.17, 15) is 0 Å². The molecule has 0 bridgehead atoms. The van der Waals surface area contributed by atoms with Gasteiger partial charge in [-0.2, -0.15) is 0 Å². The highest BCUT2D eigenvalue weighted by molar-refractivity contribution is 5.66. The minimum absolute atomic E-state index is 0.219. The Morgan fingerprint density at radius 3 is 2.24 bits per heavy atom. The monoisotopic (exact) mass is 282 g/mol. The van der Waals surface area contributed by atoms with Crippen molar-refractivity contribution in [3.63, 3.8) is 0 Å². The van der Waals surface area contributed by atoms with Crippen LogP contribution >= 0.6 is 0 Å². The van der Waals surface area contributed by atoms with Crippen LogP contribution in [0.25, 0.3) is 0 Å². The molecule has 112 valence electrons. The van der Waals surface area contributed by atoms with Crippen LogP contribution < -0.4 is 10.6 Å². The standard InChI is InChI=1S/C19H26N2/c1-5-17(20)13-16-12-15(3)8-11-19(16)21(4)18-9-6-14(2)7-10-18/h6-12,17H,5,13,20H2,1-4H3. The lowest BCUT2D eigenvalue weighted by Crippen LogP contribution is -2.23. The molecule has 0 saturated carbocycles. The van der Waals surface area contributed by atoms with E-state index in [4.69, 9.17) is 5.73 Å². The van der Waals surface area contributed by atoms with Gasteiger partial charge in [0, 0.05) is 24.5 Å². The maximum Gasteiger partial charge on any atom is 0.0441 e. The summed E-state index contributed by atoms with van der Waals surface area (Å²) >= 11 is 0. The van der Waals surface area contributed by atoms with Gasteiger partial charge in [0.05, 0.1) is 0 Å². The van der Waals surface area contributed by atoms with Crippen molar-refractivity contribution >= 4 is 11.4 Å². The second-order valence-electron chi connectivity index (χ2n) is 5.90. The summed E-state index contributed by atoms with van der Waals surface area (Å²) < 4.78 is 0. The van der Waals surface area contributed by atoms with Crippen molar-refractivity contribution in [3.8, 4) is 0 Å². The van der Waals surface area contributed by atoms with E-state index in [0.717, 1.165) is 12.8 Å². The average Bonchev–Trinajstić information content (AvgIpc) is 2.47. The van der Waals surface area contributed by atoms with Crippen LogP contribution in [0.5, 0.6) is 0 Å². The Labute approximate surface area is 128 Å². The van der Waals surface area contributed by atoms with Gasteiger partial charge in [-0.05, 0) is 50.5 Å². The molecule has 0 heterocycles. The van der Waals surface area contributed by atoms with Crippen molar-refractivity contribution in [2.75, 3.05) is 11.9 Å². The molecule has 21 heavy (non-hydrogen) atoms. The van der Waals surface area contributed by atoms with E-state index >= 15 is 0 Å². The second-order valence-corrected chi connectivity index (χ2v) is 5.90. The van der Waals surface area contributed by atoms with Crippen LogP contribution in [0.1, 0.15) is 30.0 Å². The van der Waals surface area contributed by atoms with Gasteiger partial charge in [0.2, 0.25) is 0 Å². The molecular weight excluding hydrogens is 256 g/mol. The third kappa shape index (κ3) is 3.85. The fourth-order valence-corrected chi connectivity index (χ4v) is 2.54. The Kier molecular flexibility index (Phi) is 5.03. The van der Waals surface area contributed by atoms with Gasteiger partial charge < -0.3 is 10.6 Å². The number of aryl methyl sites for hydroxylation is 2. The molecule has 0 radical (unpaired) electrons. The van der Waals surface area contributed by atoms with E-state index in [1.165, 1.54) is 28.1 Å². The summed E-state index contributed by atoms with van der Waals surface area (Å²) in [6.07, 6.45) is 1.92. The van der Waals surface area contributed by atoms with Gasteiger partial charge in [0.25, 0.3) is 0 Å². The SMILES string of the molecule is CCC(N)Cc1cc(C)ccc1N(C)c1ccc(C)cc1. The zero-order chi connectivity index (χ0) is 15.4. The minimum Gasteiger partial charge on any atom is -0.344 e. The first kappa shape index (κ1) is 15.6. The first-order chi connectivity index (χ1) is 10.0. The largest absolute Gasteiger partial charge is 0.344 e.